The molecule has 0 aliphatic carbocycles. The van der Waals surface area contributed by atoms with E-state index in [0.717, 1.165) is 69.8 Å². The molecule has 4 rings (SSSR count). The van der Waals surface area contributed by atoms with Crippen LogP contribution in [0.3, 0.4) is 0 Å². The third kappa shape index (κ3) is 5.83. The van der Waals surface area contributed by atoms with Crippen LogP contribution in [0, 0.1) is 11.8 Å². The highest BCUT2D eigenvalue weighted by Crippen LogP contribution is 2.27. The summed E-state index contributed by atoms with van der Waals surface area (Å²) >= 11 is 0. The number of pyridine rings is 2. The van der Waals surface area contributed by atoms with Gasteiger partial charge in [-0.05, 0) is 62.5 Å². The van der Waals surface area contributed by atoms with Crippen LogP contribution in [-0.4, -0.2) is 71.8 Å². The number of piperidine rings is 2. The summed E-state index contributed by atoms with van der Waals surface area (Å²) in [7, 11) is 3.15. The number of nitrogens with zero attached hydrogens (tertiary/aromatic N) is 5. The Kier molecular flexibility index (Phi) is 7.95. The van der Waals surface area contributed by atoms with Crippen molar-refractivity contribution < 1.29 is 14.4 Å². The van der Waals surface area contributed by atoms with Gasteiger partial charge in [0, 0.05) is 43.7 Å². The van der Waals surface area contributed by atoms with E-state index >= 15 is 0 Å². The highest BCUT2D eigenvalue weighted by atomic mass is 16.6. The standard InChI is InChI=1S/C25H34N6O3/c1-33-23-5-3-4-21(28-23)24(29-34-2)19-9-14-31(15-10-19)25(32)20-7-12-30(13-8-20)17-18-6-11-27-22(26)16-18/h3-6,11,16,19-20H,7-10,12-15,17H2,1-2H3,(H2,26,27)/b29-24-. The minimum atomic E-state index is 0.0995. The molecule has 0 bridgehead atoms. The Balaban J connectivity index is 1.29. The predicted molar refractivity (Wildman–Crippen MR) is 130 cm³/mol. The van der Waals surface area contributed by atoms with E-state index < -0.39 is 0 Å². The Labute approximate surface area is 200 Å². The molecule has 2 aliphatic rings. The minimum absolute atomic E-state index is 0.0995. The van der Waals surface area contributed by atoms with E-state index in [-0.39, 0.29) is 17.7 Å². The zero-order chi connectivity index (χ0) is 23.9. The zero-order valence-corrected chi connectivity index (χ0v) is 20.0. The third-order valence-electron chi connectivity index (χ3n) is 6.77. The fourth-order valence-electron chi connectivity index (χ4n) is 4.92. The molecule has 0 atom stereocenters. The Morgan fingerprint density at radius 2 is 1.82 bits per heavy atom. The lowest BCUT2D eigenvalue weighted by molar-refractivity contribution is -0.138. The van der Waals surface area contributed by atoms with Gasteiger partial charge in [-0.25, -0.2) is 9.97 Å². The van der Waals surface area contributed by atoms with Gasteiger partial charge in [0.25, 0.3) is 0 Å². The van der Waals surface area contributed by atoms with E-state index in [4.69, 9.17) is 15.3 Å². The van der Waals surface area contributed by atoms with Crippen molar-refractivity contribution in [1.29, 1.82) is 0 Å². The summed E-state index contributed by atoms with van der Waals surface area (Å²) in [6.45, 7) is 4.14. The molecule has 182 valence electrons. The van der Waals surface area contributed by atoms with Gasteiger partial charge in [-0.2, -0.15) is 0 Å². The minimum Gasteiger partial charge on any atom is -0.481 e. The number of aromatic nitrogens is 2. The first-order valence-electron chi connectivity index (χ1n) is 11.9. The highest BCUT2D eigenvalue weighted by molar-refractivity contribution is 6.00. The molecule has 1 amide bonds. The Hall–Kier alpha value is -3.20. The first-order chi connectivity index (χ1) is 16.6. The number of methoxy groups -OCH3 is 1. The number of nitrogen functional groups attached to an aromatic ring is 1. The molecule has 0 aromatic carbocycles. The Morgan fingerprint density at radius 3 is 2.50 bits per heavy atom. The maximum Gasteiger partial charge on any atom is 0.225 e. The lowest BCUT2D eigenvalue weighted by Gasteiger charge is -2.37. The quantitative estimate of drug-likeness (QED) is 0.494. The highest BCUT2D eigenvalue weighted by Gasteiger charge is 2.33. The molecule has 2 N–H and O–H groups in total. The molecule has 34 heavy (non-hydrogen) atoms. The number of amides is 1. The molecule has 2 aromatic rings. The van der Waals surface area contributed by atoms with E-state index in [0.29, 0.717) is 11.7 Å². The van der Waals surface area contributed by atoms with Crippen LogP contribution in [0.2, 0.25) is 0 Å². The van der Waals surface area contributed by atoms with Gasteiger partial charge in [-0.1, -0.05) is 11.2 Å². The zero-order valence-electron chi connectivity index (χ0n) is 20.0. The predicted octanol–water partition coefficient (Wildman–Crippen LogP) is 2.57. The summed E-state index contributed by atoms with van der Waals surface area (Å²) in [6.07, 6.45) is 5.22. The van der Waals surface area contributed by atoms with Crippen LogP contribution in [0.25, 0.3) is 0 Å². The molecule has 2 fully saturated rings. The van der Waals surface area contributed by atoms with E-state index in [1.54, 1.807) is 20.4 Å². The van der Waals surface area contributed by atoms with Crippen LogP contribution < -0.4 is 10.5 Å². The SMILES string of the molecule is CO/N=C(\c1cccc(OC)n1)C1CCN(C(=O)C2CCN(Cc3ccnc(N)c3)CC2)CC1. The number of carbonyl (C=O) groups is 1. The maximum absolute atomic E-state index is 13.2. The molecule has 0 unspecified atom stereocenters. The molecule has 4 heterocycles. The number of ether oxygens (including phenoxy) is 1. The number of rotatable bonds is 7. The summed E-state index contributed by atoms with van der Waals surface area (Å²) in [5.41, 5.74) is 8.54. The van der Waals surface area contributed by atoms with Crippen LogP contribution in [0.1, 0.15) is 36.9 Å². The van der Waals surface area contributed by atoms with Gasteiger partial charge in [0.15, 0.2) is 0 Å². The molecule has 0 radical (unpaired) electrons. The first-order valence-corrected chi connectivity index (χ1v) is 11.9. The average Bonchev–Trinajstić information content (AvgIpc) is 2.87. The van der Waals surface area contributed by atoms with Crippen molar-refractivity contribution in [2.45, 2.75) is 32.2 Å². The molecule has 2 aromatic heterocycles. The van der Waals surface area contributed by atoms with E-state index in [2.05, 4.69) is 20.0 Å². The summed E-state index contributed by atoms with van der Waals surface area (Å²) in [4.78, 5) is 31.3. The molecule has 2 aliphatic heterocycles. The molecule has 0 spiro atoms. The lowest BCUT2D eigenvalue weighted by atomic mass is 9.88. The lowest BCUT2D eigenvalue weighted by Crippen LogP contribution is -2.46. The van der Waals surface area contributed by atoms with Crippen molar-refractivity contribution in [3.63, 3.8) is 0 Å². The van der Waals surface area contributed by atoms with Crippen LogP contribution >= 0.6 is 0 Å². The van der Waals surface area contributed by atoms with E-state index in [1.807, 2.05) is 35.2 Å². The molecule has 9 nitrogen and oxygen atoms in total. The van der Waals surface area contributed by atoms with E-state index in [1.165, 1.54) is 5.56 Å². The number of anilines is 1. The molecular formula is C25H34N6O3. The second-order valence-corrected chi connectivity index (χ2v) is 8.96. The molecule has 2 saturated heterocycles. The summed E-state index contributed by atoms with van der Waals surface area (Å²) in [6, 6.07) is 9.56. The van der Waals surface area contributed by atoms with Crippen LogP contribution in [0.4, 0.5) is 5.82 Å². The fraction of sp³-hybridized carbons (Fsp3) is 0.520. The maximum atomic E-state index is 13.2. The van der Waals surface area contributed by atoms with Crippen molar-refractivity contribution >= 4 is 17.4 Å². The molecule has 9 heteroatoms. The second-order valence-electron chi connectivity index (χ2n) is 8.96. The van der Waals surface area contributed by atoms with Gasteiger partial charge in [0.05, 0.1) is 12.8 Å². The third-order valence-corrected chi connectivity index (χ3v) is 6.77. The number of hydrogen-bond acceptors (Lipinski definition) is 8. The number of oxime groups is 1. The molecular weight excluding hydrogens is 432 g/mol. The van der Waals surface area contributed by atoms with Crippen LogP contribution in [0.15, 0.2) is 41.7 Å². The number of likely N-dealkylation sites (tertiary alicyclic amines) is 2. The topological polar surface area (TPSA) is 106 Å². The van der Waals surface area contributed by atoms with Crippen molar-refractivity contribution in [3.8, 4) is 5.88 Å². The van der Waals surface area contributed by atoms with E-state index in [9.17, 15) is 4.79 Å². The van der Waals surface area contributed by atoms with Crippen molar-refractivity contribution in [2.75, 3.05) is 46.1 Å². The average molecular weight is 467 g/mol. The number of carbonyl (C=O) groups excluding carboxylic acids is 1. The normalized spacial score (nSPS) is 18.6. The van der Waals surface area contributed by atoms with Gasteiger partial charge in [-0.15, -0.1) is 0 Å². The number of nitrogens with two attached hydrogens (primary N) is 1. The van der Waals surface area contributed by atoms with Gasteiger partial charge in [0.2, 0.25) is 11.8 Å². The van der Waals surface area contributed by atoms with Gasteiger partial charge in [0.1, 0.15) is 18.6 Å². The summed E-state index contributed by atoms with van der Waals surface area (Å²) < 4.78 is 5.26. The van der Waals surface area contributed by atoms with Crippen LogP contribution in [-0.2, 0) is 16.2 Å². The summed E-state index contributed by atoms with van der Waals surface area (Å²) in [5.74, 6) is 1.68. The summed E-state index contributed by atoms with van der Waals surface area (Å²) in [5, 5.41) is 4.28. The monoisotopic (exact) mass is 466 g/mol. The smallest absolute Gasteiger partial charge is 0.225 e. The Bertz CT molecular complexity index is 998. The largest absolute Gasteiger partial charge is 0.481 e. The Morgan fingerprint density at radius 1 is 1.09 bits per heavy atom. The van der Waals surface area contributed by atoms with Crippen molar-refractivity contribution in [3.05, 3.63) is 47.8 Å². The van der Waals surface area contributed by atoms with Crippen molar-refractivity contribution in [2.24, 2.45) is 17.0 Å². The fourth-order valence-corrected chi connectivity index (χ4v) is 4.92. The second kappa shape index (κ2) is 11.3. The van der Waals surface area contributed by atoms with Gasteiger partial charge in [-0.3, -0.25) is 9.69 Å². The molecule has 0 saturated carbocycles. The first kappa shape index (κ1) is 23.9. The van der Waals surface area contributed by atoms with Crippen LogP contribution in [0.5, 0.6) is 5.88 Å². The van der Waals surface area contributed by atoms with Gasteiger partial charge >= 0.3 is 0 Å². The number of hydrogen-bond donors (Lipinski definition) is 1. The van der Waals surface area contributed by atoms with Crippen molar-refractivity contribution in [1.82, 2.24) is 19.8 Å². The van der Waals surface area contributed by atoms with Gasteiger partial charge < -0.3 is 20.2 Å².